The molecule has 1 N–H and O–H groups in total. The number of anilines is 1. The molecule has 0 unspecified atom stereocenters. The molecule has 5 rings (SSSR count). The largest absolute Gasteiger partial charge is 0.343 e. The Hall–Kier alpha value is -3.04. The maximum atomic E-state index is 13.5. The zero-order valence-corrected chi connectivity index (χ0v) is 21.3. The molecule has 2 heterocycles. The maximum Gasteiger partial charge on any atom is 0.266 e. The summed E-state index contributed by atoms with van der Waals surface area (Å²) in [6.07, 6.45) is 5.63. The monoisotopic (exact) mass is 509 g/mol. The summed E-state index contributed by atoms with van der Waals surface area (Å²) < 4.78 is 29.8. The third-order valence-electron chi connectivity index (χ3n) is 7.39. The van der Waals surface area contributed by atoms with E-state index in [0.29, 0.717) is 62.0 Å². The smallest absolute Gasteiger partial charge is 0.266 e. The fraction of sp³-hybridized carbons (Fsp3) is 0.444. The van der Waals surface area contributed by atoms with E-state index < -0.39 is 21.8 Å². The van der Waals surface area contributed by atoms with E-state index in [1.807, 2.05) is 6.92 Å². The normalized spacial score (nSPS) is 18.4. The molecule has 0 radical (unpaired) electrons. The minimum atomic E-state index is -3.90. The Morgan fingerprint density at radius 3 is 2.28 bits per heavy atom. The zero-order valence-electron chi connectivity index (χ0n) is 20.5. The quantitative estimate of drug-likeness (QED) is 0.601. The fourth-order valence-corrected chi connectivity index (χ4v) is 6.86. The molecule has 2 aliphatic heterocycles. The van der Waals surface area contributed by atoms with Crippen molar-refractivity contribution in [2.24, 2.45) is 0 Å². The number of hydrogen-bond donors (Lipinski definition) is 1. The first-order chi connectivity index (χ1) is 17.3. The highest BCUT2D eigenvalue weighted by atomic mass is 32.2. The molecule has 3 amide bonds. The highest BCUT2D eigenvalue weighted by Crippen LogP contribution is 2.37. The number of rotatable bonds is 6. The van der Waals surface area contributed by atoms with Crippen LogP contribution in [0.4, 0.5) is 5.69 Å². The van der Waals surface area contributed by atoms with E-state index in [1.54, 1.807) is 35.2 Å². The van der Waals surface area contributed by atoms with Crippen molar-refractivity contribution in [2.45, 2.75) is 69.2 Å². The number of likely N-dealkylation sites (tertiary alicyclic amines) is 1. The lowest BCUT2D eigenvalue weighted by Crippen LogP contribution is -2.46. The minimum Gasteiger partial charge on any atom is -0.343 e. The number of amides is 3. The van der Waals surface area contributed by atoms with Crippen molar-refractivity contribution in [3.05, 3.63) is 58.7 Å². The summed E-state index contributed by atoms with van der Waals surface area (Å²) in [6, 6.07) is 9.58. The molecule has 0 atom stereocenters. The molecule has 0 saturated carbocycles. The van der Waals surface area contributed by atoms with Crippen molar-refractivity contribution in [3.63, 3.8) is 0 Å². The number of nitrogens with one attached hydrogen (secondary N) is 1. The number of carbonyl (C=O) groups excluding carboxylic acids is 3. The molecule has 2 aromatic rings. The number of sulfonamides is 1. The summed E-state index contributed by atoms with van der Waals surface area (Å²) in [4.78, 5) is 41.6. The van der Waals surface area contributed by atoms with Crippen molar-refractivity contribution >= 4 is 33.4 Å². The van der Waals surface area contributed by atoms with Crippen LogP contribution in [0, 0.1) is 0 Å². The van der Waals surface area contributed by atoms with Crippen molar-refractivity contribution in [1.82, 2.24) is 9.62 Å². The number of hydrogen-bond acceptors (Lipinski definition) is 5. The van der Waals surface area contributed by atoms with E-state index in [9.17, 15) is 22.8 Å². The van der Waals surface area contributed by atoms with Crippen LogP contribution in [0.3, 0.4) is 0 Å². The molecular formula is C27H31N3O5S. The third kappa shape index (κ3) is 4.46. The van der Waals surface area contributed by atoms with Gasteiger partial charge in [-0.05, 0) is 80.3 Å². The molecule has 0 spiro atoms. The standard InChI is InChI=1S/C27H31N3O5S/c1-2-7-25(31)29-14-12-19(13-15-29)28-36(34,35)20-16-18-8-3-4-9-21(18)24(17-20)30-26(32)22-10-5-6-11-23(22)27(30)33/h5-6,10-11,16-17,19,28H,2-4,7-9,12-15H2,1H3. The van der Waals surface area contributed by atoms with Crippen LogP contribution >= 0.6 is 0 Å². The van der Waals surface area contributed by atoms with Gasteiger partial charge in [-0.1, -0.05) is 19.1 Å². The summed E-state index contributed by atoms with van der Waals surface area (Å²) in [6.45, 7) is 3.01. The summed E-state index contributed by atoms with van der Waals surface area (Å²) in [5.74, 6) is -0.732. The molecule has 36 heavy (non-hydrogen) atoms. The van der Waals surface area contributed by atoms with E-state index in [4.69, 9.17) is 0 Å². The zero-order chi connectivity index (χ0) is 25.4. The molecular weight excluding hydrogens is 478 g/mol. The van der Waals surface area contributed by atoms with Gasteiger partial charge in [0.05, 0.1) is 21.7 Å². The number of nitrogens with zero attached hydrogens (tertiary/aromatic N) is 2. The predicted octanol–water partition coefficient (Wildman–Crippen LogP) is 3.44. The molecule has 9 heteroatoms. The minimum absolute atomic E-state index is 0.0687. The van der Waals surface area contributed by atoms with Gasteiger partial charge in [-0.15, -0.1) is 0 Å². The van der Waals surface area contributed by atoms with Crippen LogP contribution in [0.15, 0.2) is 41.3 Å². The van der Waals surface area contributed by atoms with Gasteiger partial charge >= 0.3 is 0 Å². The van der Waals surface area contributed by atoms with Gasteiger partial charge < -0.3 is 4.90 Å². The van der Waals surface area contributed by atoms with E-state index in [-0.39, 0.29) is 16.8 Å². The van der Waals surface area contributed by atoms with E-state index in [0.717, 1.165) is 35.3 Å². The molecule has 0 aromatic heterocycles. The van der Waals surface area contributed by atoms with Gasteiger partial charge in [-0.3, -0.25) is 14.4 Å². The Balaban J connectivity index is 1.43. The van der Waals surface area contributed by atoms with Gasteiger partial charge in [0, 0.05) is 25.6 Å². The SMILES string of the molecule is CCCC(=O)N1CCC(NS(=O)(=O)c2cc3c(c(N4C(=O)c5ccccc5C4=O)c2)CCCC3)CC1. The second-order valence-electron chi connectivity index (χ2n) is 9.80. The van der Waals surface area contributed by atoms with Crippen LogP contribution in [0.25, 0.3) is 0 Å². The van der Waals surface area contributed by atoms with Crippen molar-refractivity contribution in [2.75, 3.05) is 18.0 Å². The fourth-order valence-electron chi connectivity index (χ4n) is 5.48. The van der Waals surface area contributed by atoms with Gasteiger partial charge in [-0.25, -0.2) is 18.0 Å². The highest BCUT2D eigenvalue weighted by Gasteiger charge is 2.39. The Labute approximate surface area is 211 Å². The topological polar surface area (TPSA) is 104 Å². The molecule has 0 bridgehead atoms. The van der Waals surface area contributed by atoms with E-state index in [1.165, 1.54) is 6.07 Å². The average Bonchev–Trinajstić information content (AvgIpc) is 3.13. The van der Waals surface area contributed by atoms with Crippen LogP contribution in [-0.2, 0) is 27.7 Å². The number of piperidine rings is 1. The maximum absolute atomic E-state index is 13.5. The highest BCUT2D eigenvalue weighted by molar-refractivity contribution is 7.89. The third-order valence-corrected chi connectivity index (χ3v) is 8.89. The van der Waals surface area contributed by atoms with Crippen LogP contribution in [0.1, 0.15) is 77.3 Å². The molecule has 2 aromatic carbocycles. The van der Waals surface area contributed by atoms with Crippen molar-refractivity contribution < 1.29 is 22.8 Å². The first-order valence-electron chi connectivity index (χ1n) is 12.7. The van der Waals surface area contributed by atoms with E-state index in [2.05, 4.69) is 4.72 Å². The van der Waals surface area contributed by atoms with Crippen molar-refractivity contribution in [1.29, 1.82) is 0 Å². The molecule has 3 aliphatic rings. The van der Waals surface area contributed by atoms with Gasteiger partial charge in [-0.2, -0.15) is 0 Å². The number of fused-ring (bicyclic) bond motifs is 2. The van der Waals surface area contributed by atoms with Gasteiger partial charge in [0.25, 0.3) is 11.8 Å². The summed E-state index contributed by atoms with van der Waals surface area (Å²) in [5, 5.41) is 0. The van der Waals surface area contributed by atoms with Crippen molar-refractivity contribution in [3.8, 4) is 0 Å². The summed E-state index contributed by atoms with van der Waals surface area (Å²) >= 11 is 0. The van der Waals surface area contributed by atoms with Gasteiger partial charge in [0.2, 0.25) is 15.9 Å². The molecule has 8 nitrogen and oxygen atoms in total. The van der Waals surface area contributed by atoms with Crippen LogP contribution in [0.5, 0.6) is 0 Å². The number of carbonyl (C=O) groups is 3. The Morgan fingerprint density at radius 1 is 1.00 bits per heavy atom. The molecule has 1 saturated heterocycles. The average molecular weight is 510 g/mol. The first-order valence-corrected chi connectivity index (χ1v) is 14.2. The number of imide groups is 1. The Bertz CT molecular complexity index is 1290. The predicted molar refractivity (Wildman–Crippen MR) is 135 cm³/mol. The molecule has 1 aliphatic carbocycles. The molecule has 1 fully saturated rings. The Morgan fingerprint density at radius 2 is 1.64 bits per heavy atom. The lowest BCUT2D eigenvalue weighted by atomic mass is 9.90. The second kappa shape index (κ2) is 9.78. The lowest BCUT2D eigenvalue weighted by Gasteiger charge is -2.32. The lowest BCUT2D eigenvalue weighted by molar-refractivity contribution is -0.132. The van der Waals surface area contributed by atoms with Crippen LogP contribution < -0.4 is 9.62 Å². The van der Waals surface area contributed by atoms with E-state index >= 15 is 0 Å². The second-order valence-corrected chi connectivity index (χ2v) is 11.5. The summed E-state index contributed by atoms with van der Waals surface area (Å²) in [5.41, 5.74) is 2.79. The van der Waals surface area contributed by atoms with Gasteiger partial charge in [0.15, 0.2) is 0 Å². The van der Waals surface area contributed by atoms with Crippen LogP contribution in [-0.4, -0.2) is 50.2 Å². The molecule has 190 valence electrons. The van der Waals surface area contributed by atoms with Crippen LogP contribution in [0.2, 0.25) is 0 Å². The number of benzene rings is 2. The Kier molecular flexibility index (Phi) is 6.70. The summed E-state index contributed by atoms with van der Waals surface area (Å²) in [7, 11) is -3.90. The first kappa shape index (κ1) is 24.6. The van der Waals surface area contributed by atoms with Gasteiger partial charge in [0.1, 0.15) is 0 Å². The number of aryl methyl sites for hydroxylation is 1.